The van der Waals surface area contributed by atoms with E-state index in [1.54, 1.807) is 0 Å². The van der Waals surface area contributed by atoms with Crippen molar-refractivity contribution in [3.63, 3.8) is 0 Å². The Balaban J connectivity index is 4.46. The minimum Gasteiger partial charge on any atom is -0.462 e. The van der Waals surface area contributed by atoms with Crippen molar-refractivity contribution >= 4 is 11.9 Å². The number of hydrogen-bond donors (Lipinski definition) is 0. The molecule has 0 aromatic carbocycles. The first-order valence-electron chi connectivity index (χ1n) is 26.4. The lowest BCUT2D eigenvalue weighted by Crippen LogP contribution is -2.29. The van der Waals surface area contributed by atoms with E-state index in [2.05, 4.69) is 154 Å². The first-order valence-corrected chi connectivity index (χ1v) is 26.4. The van der Waals surface area contributed by atoms with Gasteiger partial charge in [-0.05, 0) is 116 Å². The van der Waals surface area contributed by atoms with Crippen molar-refractivity contribution in [1.29, 1.82) is 0 Å². The SMILES string of the molecule is CC/C=C\C/C=C\C/C=C\C/C=C\C/C=C\CC(=O)OC(COCCCCCCCC/C=C\C/C=C\C/C=C\CC)COC(=O)CCCCCCCC/C=C\C/C=C\C/C=C\C/C=C\CC. The number of ether oxygens (including phenoxy) is 3. The van der Waals surface area contributed by atoms with Gasteiger partial charge in [0.25, 0.3) is 0 Å². The second kappa shape index (κ2) is 55.1. The van der Waals surface area contributed by atoms with Crippen LogP contribution in [0.3, 0.4) is 0 Å². The predicted octanol–water partition coefficient (Wildman–Crippen LogP) is 18.1. The van der Waals surface area contributed by atoms with E-state index in [0.29, 0.717) is 13.0 Å². The van der Waals surface area contributed by atoms with E-state index in [9.17, 15) is 9.59 Å². The van der Waals surface area contributed by atoms with Crippen LogP contribution in [0.5, 0.6) is 0 Å². The Morgan fingerprint density at radius 3 is 1.09 bits per heavy atom. The molecule has 370 valence electrons. The van der Waals surface area contributed by atoms with Crippen LogP contribution in [0.4, 0.5) is 0 Å². The van der Waals surface area contributed by atoms with Crippen LogP contribution in [-0.4, -0.2) is 37.9 Å². The third-order valence-electron chi connectivity index (χ3n) is 10.4. The van der Waals surface area contributed by atoms with Crippen LogP contribution in [0.25, 0.3) is 0 Å². The van der Waals surface area contributed by atoms with E-state index in [1.807, 2.05) is 12.2 Å². The van der Waals surface area contributed by atoms with E-state index in [4.69, 9.17) is 14.2 Å². The summed E-state index contributed by atoms with van der Waals surface area (Å²) in [5, 5.41) is 0. The second-order valence-electron chi connectivity index (χ2n) is 16.6. The molecule has 66 heavy (non-hydrogen) atoms. The maximum Gasteiger partial charge on any atom is 0.310 e. The number of unbranched alkanes of at least 4 members (excludes halogenated alkanes) is 12. The van der Waals surface area contributed by atoms with Gasteiger partial charge in [-0.2, -0.15) is 0 Å². The molecule has 0 radical (unpaired) electrons. The number of carbonyl (C=O) groups is 2. The number of hydrogen-bond acceptors (Lipinski definition) is 5. The zero-order valence-electron chi connectivity index (χ0n) is 42.4. The summed E-state index contributed by atoms with van der Waals surface area (Å²) in [5.74, 6) is -0.579. The van der Waals surface area contributed by atoms with Gasteiger partial charge in [0.1, 0.15) is 6.61 Å². The van der Waals surface area contributed by atoms with Crippen molar-refractivity contribution in [2.75, 3.05) is 19.8 Å². The fraction of sp³-hybridized carbons (Fsp3) is 0.574. The van der Waals surface area contributed by atoms with E-state index in [1.165, 1.54) is 44.9 Å². The molecule has 0 amide bonds. The molecule has 0 spiro atoms. The number of esters is 2. The summed E-state index contributed by atoms with van der Waals surface area (Å²) in [6.45, 7) is 7.32. The van der Waals surface area contributed by atoms with E-state index < -0.39 is 6.10 Å². The molecule has 0 heterocycles. The summed E-state index contributed by atoms with van der Waals surface area (Å²) in [5.41, 5.74) is 0. The molecule has 0 N–H and O–H groups in total. The molecule has 0 aliphatic heterocycles. The highest BCUT2D eigenvalue weighted by Crippen LogP contribution is 2.12. The van der Waals surface area contributed by atoms with Gasteiger partial charge < -0.3 is 14.2 Å². The van der Waals surface area contributed by atoms with E-state index in [-0.39, 0.29) is 31.6 Å². The Labute approximate surface area is 406 Å². The standard InChI is InChI=1S/C61H96O5/c1-4-7-10-13-16-19-22-25-28-30-31-32-34-36-39-42-45-48-51-54-60(62)65-58-59(57-64-56-53-50-47-44-41-38-35-29-26-23-20-17-14-11-8-5-2)66-61(63)55-52-49-46-43-40-37-33-27-24-21-18-15-12-9-6-3/h7-12,16-21,25-29,31-33,40,43,49,52,59H,4-6,13-15,22-24,30,34-39,41-42,44-48,50-51,53-58H2,1-3H3/b10-7-,11-8-,12-9-,19-16-,20-17-,21-18-,28-25-,29-26-,32-31-,33-27-,43-40-,52-49-. The molecule has 0 aromatic rings. The molecule has 1 unspecified atom stereocenters. The van der Waals surface area contributed by atoms with Crippen LogP contribution < -0.4 is 0 Å². The lowest BCUT2D eigenvalue weighted by Gasteiger charge is -2.18. The molecule has 0 aliphatic carbocycles. The number of carbonyl (C=O) groups excluding carboxylic acids is 2. The fourth-order valence-corrected chi connectivity index (χ4v) is 6.59. The maximum atomic E-state index is 12.8. The lowest BCUT2D eigenvalue weighted by atomic mass is 10.1. The number of allylic oxidation sites excluding steroid dienone is 23. The highest BCUT2D eigenvalue weighted by atomic mass is 16.6. The third-order valence-corrected chi connectivity index (χ3v) is 10.4. The largest absolute Gasteiger partial charge is 0.462 e. The smallest absolute Gasteiger partial charge is 0.310 e. The van der Waals surface area contributed by atoms with Gasteiger partial charge in [-0.1, -0.05) is 218 Å². The van der Waals surface area contributed by atoms with Crippen molar-refractivity contribution in [2.45, 2.75) is 207 Å². The van der Waals surface area contributed by atoms with Crippen LogP contribution in [0.1, 0.15) is 201 Å². The quantitative estimate of drug-likeness (QED) is 0.0346. The van der Waals surface area contributed by atoms with Gasteiger partial charge >= 0.3 is 11.9 Å². The molecular weight excluding hydrogens is 813 g/mol. The Morgan fingerprint density at radius 1 is 0.348 bits per heavy atom. The van der Waals surface area contributed by atoms with Crippen LogP contribution in [0.15, 0.2) is 146 Å². The molecule has 0 fully saturated rings. The van der Waals surface area contributed by atoms with Gasteiger partial charge in [-0.15, -0.1) is 0 Å². The zero-order chi connectivity index (χ0) is 47.7. The molecule has 0 saturated carbocycles. The zero-order valence-corrected chi connectivity index (χ0v) is 42.4. The van der Waals surface area contributed by atoms with Crippen molar-refractivity contribution in [2.24, 2.45) is 0 Å². The van der Waals surface area contributed by atoms with Gasteiger partial charge in [0, 0.05) is 13.0 Å². The van der Waals surface area contributed by atoms with Gasteiger partial charge in [0.05, 0.1) is 13.0 Å². The summed E-state index contributed by atoms with van der Waals surface area (Å²) >= 11 is 0. The average molecular weight is 909 g/mol. The Bertz CT molecular complexity index is 1450. The maximum absolute atomic E-state index is 12.8. The Morgan fingerprint density at radius 2 is 0.682 bits per heavy atom. The molecule has 5 nitrogen and oxygen atoms in total. The molecule has 0 aliphatic rings. The fourth-order valence-electron chi connectivity index (χ4n) is 6.59. The van der Waals surface area contributed by atoms with Crippen LogP contribution in [-0.2, 0) is 23.8 Å². The molecule has 0 bridgehead atoms. The minimum atomic E-state index is -0.615. The third kappa shape index (κ3) is 52.4. The monoisotopic (exact) mass is 909 g/mol. The highest BCUT2D eigenvalue weighted by Gasteiger charge is 2.17. The summed E-state index contributed by atoms with van der Waals surface area (Å²) in [6.07, 6.45) is 80.3. The normalized spacial score (nSPS) is 13.4. The van der Waals surface area contributed by atoms with E-state index in [0.717, 1.165) is 122 Å². The van der Waals surface area contributed by atoms with Gasteiger partial charge in [-0.3, -0.25) is 9.59 Å². The first-order chi connectivity index (χ1) is 32.6. The topological polar surface area (TPSA) is 61.8 Å². The lowest BCUT2D eigenvalue weighted by molar-refractivity contribution is -0.162. The average Bonchev–Trinajstić information content (AvgIpc) is 3.32. The predicted molar refractivity (Wildman–Crippen MR) is 288 cm³/mol. The summed E-state index contributed by atoms with van der Waals surface area (Å²) < 4.78 is 17.3. The van der Waals surface area contributed by atoms with Crippen molar-refractivity contribution in [3.8, 4) is 0 Å². The summed E-state index contributed by atoms with van der Waals surface area (Å²) in [7, 11) is 0. The second-order valence-corrected chi connectivity index (χ2v) is 16.6. The Kier molecular flexibility index (Phi) is 51.6. The van der Waals surface area contributed by atoms with Crippen LogP contribution >= 0.6 is 0 Å². The molecule has 0 aromatic heterocycles. The van der Waals surface area contributed by atoms with Gasteiger partial charge in [-0.25, -0.2) is 0 Å². The molecule has 1 atom stereocenters. The van der Waals surface area contributed by atoms with Crippen LogP contribution in [0, 0.1) is 0 Å². The molecule has 0 saturated heterocycles. The van der Waals surface area contributed by atoms with Crippen LogP contribution in [0.2, 0.25) is 0 Å². The van der Waals surface area contributed by atoms with Crippen molar-refractivity contribution in [3.05, 3.63) is 146 Å². The van der Waals surface area contributed by atoms with E-state index >= 15 is 0 Å². The minimum absolute atomic E-state index is 0.0224. The molecule has 5 heteroatoms. The van der Waals surface area contributed by atoms with Crippen molar-refractivity contribution in [1.82, 2.24) is 0 Å². The van der Waals surface area contributed by atoms with Gasteiger partial charge in [0.15, 0.2) is 6.10 Å². The summed E-state index contributed by atoms with van der Waals surface area (Å²) in [4.78, 5) is 25.4. The summed E-state index contributed by atoms with van der Waals surface area (Å²) in [6, 6.07) is 0. The molecular formula is C61H96O5. The molecule has 0 rings (SSSR count). The first kappa shape index (κ1) is 61.8. The number of rotatable bonds is 46. The van der Waals surface area contributed by atoms with Crippen molar-refractivity contribution < 1.29 is 23.8 Å². The highest BCUT2D eigenvalue weighted by molar-refractivity contribution is 5.71. The Hall–Kier alpha value is -4.22. The van der Waals surface area contributed by atoms with Gasteiger partial charge in [0.2, 0.25) is 0 Å².